The maximum absolute atomic E-state index is 12.3. The number of hydrogen-bond acceptors (Lipinski definition) is 5. The van der Waals surface area contributed by atoms with Gasteiger partial charge in [-0.25, -0.2) is 13.4 Å². The summed E-state index contributed by atoms with van der Waals surface area (Å²) < 4.78 is 27.5. The van der Waals surface area contributed by atoms with Gasteiger partial charge < -0.3 is 4.90 Å². The first kappa shape index (κ1) is 16.3. The fraction of sp³-hybridized carbons (Fsp3) is 0.438. The Morgan fingerprint density at radius 2 is 1.83 bits per heavy atom. The van der Waals surface area contributed by atoms with Crippen LogP contribution in [-0.2, 0) is 10.0 Å². The summed E-state index contributed by atoms with van der Waals surface area (Å²) in [6, 6.07) is 7.11. The molecule has 0 atom stereocenters. The number of aryl methyl sites for hydroxylation is 1. The number of sulfonamides is 1. The van der Waals surface area contributed by atoms with Crippen LogP contribution in [0.2, 0.25) is 0 Å². The molecule has 2 aromatic rings. The molecule has 3 heterocycles. The summed E-state index contributed by atoms with van der Waals surface area (Å²) in [7, 11) is -3.52. The zero-order valence-corrected chi connectivity index (χ0v) is 14.8. The molecule has 1 N–H and O–H groups in total. The molecule has 0 aliphatic carbocycles. The molecule has 0 bridgehead atoms. The van der Waals surface area contributed by atoms with Gasteiger partial charge in [0.25, 0.3) is 10.0 Å². The number of rotatable bonds is 4. The normalized spacial score (nSPS) is 16.1. The average Bonchev–Trinajstić information content (AvgIpc) is 2.81. The number of nitrogens with zero attached hydrogens (tertiary/aromatic N) is 2. The van der Waals surface area contributed by atoms with E-state index in [1.54, 1.807) is 24.4 Å². The number of pyridine rings is 1. The molecule has 0 spiro atoms. The topological polar surface area (TPSA) is 62.3 Å². The van der Waals surface area contributed by atoms with E-state index in [2.05, 4.69) is 14.6 Å². The lowest BCUT2D eigenvalue weighted by Gasteiger charge is -2.21. The van der Waals surface area contributed by atoms with E-state index in [-0.39, 0.29) is 0 Å². The van der Waals surface area contributed by atoms with Gasteiger partial charge in [-0.1, -0.05) is 12.8 Å². The molecule has 1 fully saturated rings. The molecule has 1 saturated heterocycles. The Labute approximate surface area is 141 Å². The molecule has 23 heavy (non-hydrogen) atoms. The van der Waals surface area contributed by atoms with Crippen molar-refractivity contribution in [1.29, 1.82) is 0 Å². The average molecular weight is 351 g/mol. The Balaban J connectivity index is 1.72. The van der Waals surface area contributed by atoms with Gasteiger partial charge in [0.15, 0.2) is 0 Å². The van der Waals surface area contributed by atoms with Crippen LogP contribution in [0.5, 0.6) is 0 Å². The summed E-state index contributed by atoms with van der Waals surface area (Å²) in [5.74, 6) is 0.918. The van der Waals surface area contributed by atoms with Crippen molar-refractivity contribution in [3.8, 4) is 0 Å². The first-order valence-electron chi connectivity index (χ1n) is 7.85. The lowest BCUT2D eigenvalue weighted by atomic mass is 10.2. The van der Waals surface area contributed by atoms with Crippen LogP contribution >= 0.6 is 11.3 Å². The van der Waals surface area contributed by atoms with E-state index in [1.807, 2.05) is 13.0 Å². The lowest BCUT2D eigenvalue weighted by Crippen LogP contribution is -2.24. The molecule has 0 aromatic carbocycles. The summed E-state index contributed by atoms with van der Waals surface area (Å²) in [5.41, 5.74) is 0.495. The molecule has 0 amide bonds. The number of nitrogens with one attached hydrogen (secondary N) is 1. The zero-order valence-electron chi connectivity index (χ0n) is 13.2. The third-order valence-corrected chi connectivity index (χ3v) is 6.78. The van der Waals surface area contributed by atoms with Crippen molar-refractivity contribution in [2.45, 2.75) is 36.8 Å². The maximum atomic E-state index is 12.3. The molecule has 0 unspecified atom stereocenters. The summed E-state index contributed by atoms with van der Waals surface area (Å²) in [6.45, 7) is 3.93. The fourth-order valence-electron chi connectivity index (χ4n) is 2.70. The molecule has 0 radical (unpaired) electrons. The van der Waals surface area contributed by atoms with Gasteiger partial charge in [-0.15, -0.1) is 11.3 Å². The van der Waals surface area contributed by atoms with Gasteiger partial charge in [-0.2, -0.15) is 0 Å². The molecule has 124 valence electrons. The highest BCUT2D eigenvalue weighted by Crippen LogP contribution is 2.24. The highest BCUT2D eigenvalue weighted by Gasteiger charge is 2.17. The van der Waals surface area contributed by atoms with Crippen molar-refractivity contribution in [2.24, 2.45) is 0 Å². The molecule has 5 nitrogen and oxygen atoms in total. The van der Waals surface area contributed by atoms with Crippen LogP contribution in [0.4, 0.5) is 11.5 Å². The quantitative estimate of drug-likeness (QED) is 0.913. The zero-order chi connectivity index (χ0) is 16.3. The first-order valence-corrected chi connectivity index (χ1v) is 10.1. The van der Waals surface area contributed by atoms with Gasteiger partial charge in [-0.05, 0) is 44.0 Å². The number of thiophene rings is 1. The lowest BCUT2D eigenvalue weighted by molar-refractivity contribution is 0.603. The monoisotopic (exact) mass is 351 g/mol. The van der Waals surface area contributed by atoms with Crippen LogP contribution in [0.3, 0.4) is 0 Å². The largest absolute Gasteiger partial charge is 0.357 e. The molecule has 7 heteroatoms. The van der Waals surface area contributed by atoms with Crippen molar-refractivity contribution in [3.63, 3.8) is 0 Å². The highest BCUT2D eigenvalue weighted by molar-refractivity contribution is 7.94. The number of aromatic nitrogens is 1. The second-order valence-electron chi connectivity index (χ2n) is 5.78. The second kappa shape index (κ2) is 6.88. The van der Waals surface area contributed by atoms with Crippen molar-refractivity contribution in [3.05, 3.63) is 35.3 Å². The van der Waals surface area contributed by atoms with Crippen molar-refractivity contribution in [1.82, 2.24) is 4.98 Å². The molecule has 1 aliphatic rings. The van der Waals surface area contributed by atoms with Crippen LogP contribution < -0.4 is 9.62 Å². The van der Waals surface area contributed by atoms with Gasteiger partial charge >= 0.3 is 0 Å². The van der Waals surface area contributed by atoms with Crippen molar-refractivity contribution < 1.29 is 8.42 Å². The summed E-state index contributed by atoms with van der Waals surface area (Å²) >= 11 is 1.26. The Kier molecular flexibility index (Phi) is 4.87. The predicted octanol–water partition coefficient (Wildman–Crippen LogP) is 3.63. The van der Waals surface area contributed by atoms with E-state index in [9.17, 15) is 8.42 Å². The van der Waals surface area contributed by atoms with Crippen LogP contribution in [0.1, 0.15) is 30.6 Å². The van der Waals surface area contributed by atoms with Gasteiger partial charge in [0.05, 0.1) is 11.9 Å². The Morgan fingerprint density at radius 3 is 2.39 bits per heavy atom. The molecule has 2 aromatic heterocycles. The van der Waals surface area contributed by atoms with Crippen molar-refractivity contribution >= 4 is 32.9 Å². The maximum Gasteiger partial charge on any atom is 0.271 e. The van der Waals surface area contributed by atoms with E-state index in [4.69, 9.17) is 0 Å². The van der Waals surface area contributed by atoms with E-state index in [0.29, 0.717) is 9.90 Å². The summed E-state index contributed by atoms with van der Waals surface area (Å²) in [5, 5.41) is 0. The molecular formula is C16H21N3O2S2. The molecule has 0 saturated carbocycles. The van der Waals surface area contributed by atoms with E-state index in [1.165, 1.54) is 37.0 Å². The second-order valence-corrected chi connectivity index (χ2v) is 8.97. The predicted molar refractivity (Wildman–Crippen MR) is 94.8 cm³/mol. The smallest absolute Gasteiger partial charge is 0.271 e. The van der Waals surface area contributed by atoms with Gasteiger partial charge in [0, 0.05) is 18.0 Å². The van der Waals surface area contributed by atoms with E-state index in [0.717, 1.165) is 23.8 Å². The Bertz CT molecular complexity index is 746. The van der Waals surface area contributed by atoms with E-state index >= 15 is 0 Å². The van der Waals surface area contributed by atoms with Crippen LogP contribution in [0, 0.1) is 6.92 Å². The third-order valence-electron chi connectivity index (χ3n) is 3.91. The summed E-state index contributed by atoms with van der Waals surface area (Å²) in [4.78, 5) is 7.67. The first-order chi connectivity index (χ1) is 11.0. The highest BCUT2D eigenvalue weighted by atomic mass is 32.2. The van der Waals surface area contributed by atoms with Crippen LogP contribution in [-0.4, -0.2) is 26.5 Å². The minimum absolute atomic E-state index is 0.326. The van der Waals surface area contributed by atoms with Crippen LogP contribution in [0.25, 0.3) is 0 Å². The van der Waals surface area contributed by atoms with E-state index < -0.39 is 10.0 Å². The SMILES string of the molecule is Cc1ccc(S(=O)(=O)Nc2ccc(N3CCCCCC3)nc2)s1. The van der Waals surface area contributed by atoms with Gasteiger partial charge in [-0.3, -0.25) is 4.72 Å². The minimum atomic E-state index is -3.52. The van der Waals surface area contributed by atoms with Crippen LogP contribution in [0.15, 0.2) is 34.7 Å². The standard InChI is InChI=1S/C16H21N3O2S2/c1-13-6-9-16(22-13)23(20,21)18-14-7-8-15(17-12-14)19-10-4-2-3-5-11-19/h6-9,12,18H,2-5,10-11H2,1H3. The number of anilines is 2. The number of hydrogen-bond donors (Lipinski definition) is 1. The van der Waals surface area contributed by atoms with Gasteiger partial charge in [0.1, 0.15) is 10.0 Å². The third kappa shape index (κ3) is 4.03. The molecule has 3 rings (SSSR count). The Morgan fingerprint density at radius 1 is 1.09 bits per heavy atom. The molecule has 1 aliphatic heterocycles. The fourth-order valence-corrected chi connectivity index (χ4v) is 5.02. The molecular weight excluding hydrogens is 330 g/mol. The van der Waals surface area contributed by atoms with Gasteiger partial charge in [0.2, 0.25) is 0 Å². The Hall–Kier alpha value is -1.60. The van der Waals surface area contributed by atoms with Crippen molar-refractivity contribution in [2.75, 3.05) is 22.7 Å². The summed E-state index contributed by atoms with van der Waals surface area (Å²) in [6.07, 6.45) is 6.52. The minimum Gasteiger partial charge on any atom is -0.357 e.